The van der Waals surface area contributed by atoms with Crippen LogP contribution >= 0.6 is 0 Å². The Hall–Kier alpha value is -2.66. The summed E-state index contributed by atoms with van der Waals surface area (Å²) in [6.45, 7) is 9.30. The first-order valence-corrected chi connectivity index (χ1v) is 9.47. The third kappa shape index (κ3) is 3.74. The maximum absolute atomic E-state index is 13.1. The van der Waals surface area contributed by atoms with Gasteiger partial charge in [0.25, 0.3) is 0 Å². The molecule has 0 unspecified atom stereocenters. The van der Waals surface area contributed by atoms with Crippen LogP contribution in [-0.4, -0.2) is 31.3 Å². The molecule has 0 amide bonds. The fourth-order valence-electron chi connectivity index (χ4n) is 3.80. The van der Waals surface area contributed by atoms with Gasteiger partial charge in [-0.05, 0) is 49.7 Å². The Kier molecular flexibility index (Phi) is 4.94. The van der Waals surface area contributed by atoms with Crippen molar-refractivity contribution in [3.05, 3.63) is 71.2 Å². The van der Waals surface area contributed by atoms with Crippen molar-refractivity contribution in [3.8, 4) is 11.3 Å². The van der Waals surface area contributed by atoms with Crippen molar-refractivity contribution in [2.24, 2.45) is 0 Å². The molecule has 0 bridgehead atoms. The summed E-state index contributed by atoms with van der Waals surface area (Å²) in [6, 6.07) is 15.0. The SMILES string of the molecule is Cc1ccccc1N1CC[NH+](Cc2noc(-c3ccc(F)cc3)c2C)CC1. The number of nitrogens with one attached hydrogen (secondary N) is 1. The number of aryl methyl sites for hydroxylation is 1. The molecule has 0 radical (unpaired) electrons. The molecule has 1 aliphatic heterocycles. The van der Waals surface area contributed by atoms with Crippen LogP contribution in [0.15, 0.2) is 53.1 Å². The minimum atomic E-state index is -0.243. The summed E-state index contributed by atoms with van der Waals surface area (Å²) in [4.78, 5) is 3.99. The second-order valence-electron chi connectivity index (χ2n) is 7.29. The van der Waals surface area contributed by atoms with Crippen molar-refractivity contribution in [1.82, 2.24) is 5.16 Å². The predicted molar refractivity (Wildman–Crippen MR) is 104 cm³/mol. The van der Waals surface area contributed by atoms with E-state index in [4.69, 9.17) is 4.52 Å². The molecule has 2 heterocycles. The Balaban J connectivity index is 1.41. The van der Waals surface area contributed by atoms with Crippen LogP contribution in [0.25, 0.3) is 11.3 Å². The summed E-state index contributed by atoms with van der Waals surface area (Å²) in [5, 5.41) is 4.30. The van der Waals surface area contributed by atoms with Crippen molar-refractivity contribution in [2.75, 3.05) is 31.1 Å². The molecule has 27 heavy (non-hydrogen) atoms. The largest absolute Gasteiger partial charge is 0.360 e. The molecule has 1 aliphatic rings. The molecular formula is C22H25FN3O+. The molecule has 3 aromatic rings. The fourth-order valence-corrected chi connectivity index (χ4v) is 3.80. The van der Waals surface area contributed by atoms with E-state index in [1.54, 1.807) is 12.1 Å². The number of para-hydroxylation sites is 1. The summed E-state index contributed by atoms with van der Waals surface area (Å²) in [7, 11) is 0. The van der Waals surface area contributed by atoms with Gasteiger partial charge in [0, 0.05) is 16.8 Å². The van der Waals surface area contributed by atoms with Gasteiger partial charge < -0.3 is 14.3 Å². The summed E-state index contributed by atoms with van der Waals surface area (Å²) >= 11 is 0. The molecule has 1 aromatic heterocycles. The molecule has 0 atom stereocenters. The van der Waals surface area contributed by atoms with Crippen LogP contribution in [0.4, 0.5) is 10.1 Å². The fraction of sp³-hybridized carbons (Fsp3) is 0.318. The van der Waals surface area contributed by atoms with E-state index in [-0.39, 0.29) is 5.82 Å². The van der Waals surface area contributed by atoms with Crippen molar-refractivity contribution >= 4 is 5.69 Å². The van der Waals surface area contributed by atoms with Gasteiger partial charge in [-0.3, -0.25) is 0 Å². The Bertz CT molecular complexity index is 912. The van der Waals surface area contributed by atoms with Crippen LogP contribution in [0.2, 0.25) is 0 Å². The number of benzene rings is 2. The minimum absolute atomic E-state index is 0.243. The highest BCUT2D eigenvalue weighted by atomic mass is 19.1. The maximum atomic E-state index is 13.1. The van der Waals surface area contributed by atoms with E-state index in [2.05, 4.69) is 41.2 Å². The quantitative estimate of drug-likeness (QED) is 0.771. The second-order valence-corrected chi connectivity index (χ2v) is 7.29. The van der Waals surface area contributed by atoms with E-state index in [1.807, 2.05) is 6.92 Å². The molecule has 1 N–H and O–H groups in total. The van der Waals surface area contributed by atoms with Gasteiger partial charge in [0.15, 0.2) is 5.76 Å². The van der Waals surface area contributed by atoms with Crippen molar-refractivity contribution < 1.29 is 13.8 Å². The Morgan fingerprint density at radius 1 is 1.04 bits per heavy atom. The standard InChI is InChI=1S/C22H24FN3O/c1-16-5-3-4-6-21(16)26-13-11-25(12-14-26)15-20-17(2)22(27-24-20)18-7-9-19(23)10-8-18/h3-10H,11-15H2,1-2H3/p+1. The summed E-state index contributed by atoms with van der Waals surface area (Å²) < 4.78 is 18.7. The first-order valence-electron chi connectivity index (χ1n) is 9.47. The van der Waals surface area contributed by atoms with Gasteiger partial charge in [-0.1, -0.05) is 23.4 Å². The van der Waals surface area contributed by atoms with Gasteiger partial charge in [0.2, 0.25) is 0 Å². The zero-order chi connectivity index (χ0) is 18.8. The number of anilines is 1. The number of rotatable bonds is 4. The summed E-state index contributed by atoms with van der Waals surface area (Å²) in [6.07, 6.45) is 0. The molecule has 1 fully saturated rings. The van der Waals surface area contributed by atoms with Crippen LogP contribution in [0.1, 0.15) is 16.8 Å². The molecule has 0 saturated carbocycles. The normalized spacial score (nSPS) is 15.3. The Morgan fingerprint density at radius 3 is 2.44 bits per heavy atom. The number of halogens is 1. The van der Waals surface area contributed by atoms with Gasteiger partial charge in [0.05, 0.1) is 26.2 Å². The molecule has 0 aliphatic carbocycles. The van der Waals surface area contributed by atoms with E-state index in [9.17, 15) is 4.39 Å². The monoisotopic (exact) mass is 366 g/mol. The molecule has 4 rings (SSSR count). The average molecular weight is 366 g/mol. The topological polar surface area (TPSA) is 33.7 Å². The van der Waals surface area contributed by atoms with Crippen LogP contribution in [0.5, 0.6) is 0 Å². The number of hydrogen-bond donors (Lipinski definition) is 1. The average Bonchev–Trinajstić information content (AvgIpc) is 3.04. The molecule has 0 spiro atoms. The van der Waals surface area contributed by atoms with Crippen molar-refractivity contribution in [1.29, 1.82) is 0 Å². The maximum Gasteiger partial charge on any atom is 0.170 e. The number of quaternary nitrogens is 1. The minimum Gasteiger partial charge on any atom is -0.360 e. The molecule has 140 valence electrons. The van der Waals surface area contributed by atoms with Gasteiger partial charge in [-0.25, -0.2) is 4.39 Å². The number of aromatic nitrogens is 1. The van der Waals surface area contributed by atoms with Crippen molar-refractivity contribution in [3.63, 3.8) is 0 Å². The Labute approximate surface area is 159 Å². The predicted octanol–water partition coefficient (Wildman–Crippen LogP) is 3.00. The molecule has 5 heteroatoms. The first-order chi connectivity index (χ1) is 13.1. The highest BCUT2D eigenvalue weighted by Crippen LogP contribution is 2.25. The van der Waals surface area contributed by atoms with E-state index < -0.39 is 0 Å². The number of piperazine rings is 1. The van der Waals surface area contributed by atoms with Crippen molar-refractivity contribution in [2.45, 2.75) is 20.4 Å². The van der Waals surface area contributed by atoms with E-state index in [0.29, 0.717) is 0 Å². The lowest BCUT2D eigenvalue weighted by Crippen LogP contribution is -3.13. The van der Waals surface area contributed by atoms with E-state index in [0.717, 1.165) is 55.3 Å². The summed E-state index contributed by atoms with van der Waals surface area (Å²) in [5.74, 6) is 0.495. The first kappa shape index (κ1) is 17.7. The number of hydrogen-bond acceptors (Lipinski definition) is 3. The van der Waals surface area contributed by atoms with Gasteiger partial charge in [-0.2, -0.15) is 0 Å². The second kappa shape index (κ2) is 7.53. The van der Waals surface area contributed by atoms with E-state index in [1.165, 1.54) is 28.3 Å². The lowest BCUT2D eigenvalue weighted by atomic mass is 10.1. The van der Waals surface area contributed by atoms with E-state index >= 15 is 0 Å². The third-order valence-electron chi connectivity index (χ3n) is 5.47. The van der Waals surface area contributed by atoms with Gasteiger partial charge in [-0.15, -0.1) is 0 Å². The molecule has 4 nitrogen and oxygen atoms in total. The van der Waals surface area contributed by atoms with Crippen LogP contribution in [-0.2, 0) is 6.54 Å². The Morgan fingerprint density at radius 2 is 1.74 bits per heavy atom. The molecule has 1 saturated heterocycles. The summed E-state index contributed by atoms with van der Waals surface area (Å²) in [5.41, 5.74) is 5.58. The lowest BCUT2D eigenvalue weighted by Gasteiger charge is -2.34. The zero-order valence-corrected chi connectivity index (χ0v) is 15.8. The lowest BCUT2D eigenvalue weighted by molar-refractivity contribution is -0.914. The molecular weight excluding hydrogens is 341 g/mol. The van der Waals surface area contributed by atoms with Gasteiger partial charge in [0.1, 0.15) is 18.1 Å². The molecule has 2 aromatic carbocycles. The van der Waals surface area contributed by atoms with Crippen LogP contribution in [0.3, 0.4) is 0 Å². The highest BCUT2D eigenvalue weighted by molar-refractivity contribution is 5.61. The zero-order valence-electron chi connectivity index (χ0n) is 15.8. The van der Waals surface area contributed by atoms with Gasteiger partial charge >= 0.3 is 0 Å². The van der Waals surface area contributed by atoms with Crippen LogP contribution < -0.4 is 9.80 Å². The number of nitrogens with zero attached hydrogens (tertiary/aromatic N) is 2. The smallest absolute Gasteiger partial charge is 0.170 e. The van der Waals surface area contributed by atoms with Crippen LogP contribution in [0, 0.1) is 19.7 Å². The third-order valence-corrected chi connectivity index (χ3v) is 5.47. The highest BCUT2D eigenvalue weighted by Gasteiger charge is 2.24.